The van der Waals surface area contributed by atoms with Crippen LogP contribution in [0.1, 0.15) is 5.56 Å². The molecule has 16 heavy (non-hydrogen) atoms. The molecule has 0 saturated carbocycles. The predicted molar refractivity (Wildman–Crippen MR) is 65.7 cm³/mol. The van der Waals surface area contributed by atoms with Crippen LogP contribution in [0.4, 0.5) is 5.69 Å². The molecule has 0 saturated heterocycles. The number of amides is 1. The SMILES string of the molecule is Cc1cccc(NC(=O)/C(Cl)=C(/N)C=N)c1. The lowest BCUT2D eigenvalue weighted by Gasteiger charge is -2.05. The van der Waals surface area contributed by atoms with Gasteiger partial charge < -0.3 is 16.5 Å². The van der Waals surface area contributed by atoms with Gasteiger partial charge in [0.05, 0.1) is 5.70 Å². The number of hydrogen-bond donors (Lipinski definition) is 3. The van der Waals surface area contributed by atoms with Gasteiger partial charge in [0.1, 0.15) is 5.03 Å². The molecule has 0 unspecified atom stereocenters. The molecular formula is C11H12ClN3O. The maximum absolute atomic E-state index is 11.5. The molecule has 5 heteroatoms. The standard InChI is InChI=1S/C11H12ClN3O/c1-7-3-2-4-8(5-7)15-11(16)10(12)9(14)6-13/h2-6,13H,14H2,1H3,(H,15,16)/b10-9-,13-6?. The number of nitrogens with one attached hydrogen (secondary N) is 2. The van der Waals surface area contributed by atoms with Crippen molar-refractivity contribution < 1.29 is 4.79 Å². The fraction of sp³-hybridized carbons (Fsp3) is 0.0909. The van der Waals surface area contributed by atoms with Crippen LogP contribution in [0.2, 0.25) is 0 Å². The highest BCUT2D eigenvalue weighted by molar-refractivity contribution is 6.45. The number of nitrogens with two attached hydrogens (primary N) is 1. The van der Waals surface area contributed by atoms with E-state index in [0.29, 0.717) is 5.69 Å². The van der Waals surface area contributed by atoms with Gasteiger partial charge in [-0.25, -0.2) is 0 Å². The third-order valence-corrected chi connectivity index (χ3v) is 2.27. The van der Waals surface area contributed by atoms with E-state index in [1.54, 1.807) is 6.07 Å². The van der Waals surface area contributed by atoms with Gasteiger partial charge in [0.15, 0.2) is 0 Å². The van der Waals surface area contributed by atoms with Gasteiger partial charge in [-0.15, -0.1) is 0 Å². The van der Waals surface area contributed by atoms with E-state index in [0.717, 1.165) is 11.8 Å². The summed E-state index contributed by atoms with van der Waals surface area (Å²) in [6.45, 7) is 1.92. The first-order valence-electron chi connectivity index (χ1n) is 4.58. The molecule has 0 spiro atoms. The Hall–Kier alpha value is -1.81. The molecule has 1 amide bonds. The molecule has 1 aromatic carbocycles. The summed E-state index contributed by atoms with van der Waals surface area (Å²) < 4.78 is 0. The Labute approximate surface area is 98.6 Å². The average molecular weight is 238 g/mol. The fourth-order valence-electron chi connectivity index (χ4n) is 1.10. The third-order valence-electron chi connectivity index (χ3n) is 1.88. The second kappa shape index (κ2) is 5.32. The fourth-order valence-corrected chi connectivity index (χ4v) is 1.21. The van der Waals surface area contributed by atoms with Crippen LogP contribution in [0.15, 0.2) is 35.0 Å². The van der Waals surface area contributed by atoms with E-state index in [-0.39, 0.29) is 10.7 Å². The number of aryl methyl sites for hydroxylation is 1. The zero-order valence-electron chi connectivity index (χ0n) is 8.75. The van der Waals surface area contributed by atoms with Gasteiger partial charge in [-0.3, -0.25) is 4.79 Å². The molecule has 4 N–H and O–H groups in total. The second-order valence-electron chi connectivity index (χ2n) is 3.24. The third kappa shape index (κ3) is 3.10. The number of anilines is 1. The summed E-state index contributed by atoms with van der Waals surface area (Å²) in [4.78, 5) is 11.5. The lowest BCUT2D eigenvalue weighted by molar-refractivity contribution is -0.112. The summed E-state index contributed by atoms with van der Waals surface area (Å²) >= 11 is 5.66. The van der Waals surface area contributed by atoms with Gasteiger partial charge in [-0.1, -0.05) is 23.7 Å². The van der Waals surface area contributed by atoms with Gasteiger partial charge in [-0.2, -0.15) is 0 Å². The smallest absolute Gasteiger partial charge is 0.269 e. The number of hydrogen-bond acceptors (Lipinski definition) is 3. The average Bonchev–Trinajstić information content (AvgIpc) is 2.27. The number of carbonyl (C=O) groups is 1. The molecule has 0 bridgehead atoms. The summed E-state index contributed by atoms with van der Waals surface area (Å²) in [5, 5.41) is 9.28. The number of benzene rings is 1. The Morgan fingerprint density at radius 3 is 2.81 bits per heavy atom. The Balaban J connectivity index is 2.83. The van der Waals surface area contributed by atoms with Gasteiger partial charge in [0.2, 0.25) is 0 Å². The Bertz CT molecular complexity index is 454. The van der Waals surface area contributed by atoms with Crippen molar-refractivity contribution in [3.8, 4) is 0 Å². The van der Waals surface area contributed by atoms with Crippen LogP contribution in [0.5, 0.6) is 0 Å². The first-order chi connectivity index (χ1) is 7.54. The van der Waals surface area contributed by atoms with Crippen molar-refractivity contribution in [2.24, 2.45) is 5.73 Å². The molecular weight excluding hydrogens is 226 g/mol. The zero-order chi connectivity index (χ0) is 12.1. The number of halogens is 1. The molecule has 0 aliphatic rings. The van der Waals surface area contributed by atoms with Crippen LogP contribution >= 0.6 is 11.6 Å². The molecule has 1 aromatic rings. The molecule has 0 radical (unpaired) electrons. The second-order valence-corrected chi connectivity index (χ2v) is 3.62. The molecule has 0 atom stereocenters. The van der Waals surface area contributed by atoms with Crippen LogP contribution in [-0.2, 0) is 4.79 Å². The molecule has 0 aliphatic heterocycles. The van der Waals surface area contributed by atoms with E-state index >= 15 is 0 Å². The highest BCUT2D eigenvalue weighted by atomic mass is 35.5. The van der Waals surface area contributed by atoms with Crippen molar-refractivity contribution in [3.63, 3.8) is 0 Å². The minimum Gasteiger partial charge on any atom is -0.396 e. The van der Waals surface area contributed by atoms with E-state index in [1.165, 1.54) is 0 Å². The monoisotopic (exact) mass is 237 g/mol. The summed E-state index contributed by atoms with van der Waals surface area (Å²) in [5.41, 5.74) is 6.95. The van der Waals surface area contributed by atoms with Gasteiger partial charge in [0, 0.05) is 11.9 Å². The maximum Gasteiger partial charge on any atom is 0.269 e. The van der Waals surface area contributed by atoms with E-state index in [2.05, 4.69) is 5.32 Å². The summed E-state index contributed by atoms with van der Waals surface area (Å²) in [6.07, 6.45) is 0.832. The van der Waals surface area contributed by atoms with Crippen molar-refractivity contribution in [3.05, 3.63) is 40.6 Å². The lowest BCUT2D eigenvalue weighted by Crippen LogP contribution is -2.16. The zero-order valence-corrected chi connectivity index (χ0v) is 9.51. The minimum atomic E-state index is -0.520. The Morgan fingerprint density at radius 1 is 1.56 bits per heavy atom. The molecule has 0 heterocycles. The number of allylic oxidation sites excluding steroid dienone is 1. The highest BCUT2D eigenvalue weighted by Gasteiger charge is 2.10. The van der Waals surface area contributed by atoms with Gasteiger partial charge in [-0.05, 0) is 24.6 Å². The van der Waals surface area contributed by atoms with Gasteiger partial charge in [0.25, 0.3) is 5.91 Å². The highest BCUT2D eigenvalue weighted by Crippen LogP contribution is 2.13. The topological polar surface area (TPSA) is 79.0 Å². The van der Waals surface area contributed by atoms with Crippen LogP contribution < -0.4 is 11.1 Å². The van der Waals surface area contributed by atoms with Gasteiger partial charge >= 0.3 is 0 Å². The molecule has 1 rings (SSSR count). The van der Waals surface area contributed by atoms with E-state index < -0.39 is 5.91 Å². The maximum atomic E-state index is 11.5. The molecule has 0 aliphatic carbocycles. The molecule has 0 fully saturated rings. The molecule has 84 valence electrons. The first kappa shape index (κ1) is 12.3. The van der Waals surface area contributed by atoms with E-state index in [4.69, 9.17) is 22.7 Å². The van der Waals surface area contributed by atoms with Crippen LogP contribution in [0.3, 0.4) is 0 Å². The summed E-state index contributed by atoms with van der Waals surface area (Å²) in [6, 6.07) is 7.29. The molecule has 4 nitrogen and oxygen atoms in total. The van der Waals surface area contributed by atoms with Crippen molar-refractivity contribution in [2.45, 2.75) is 6.92 Å². The Kier molecular flexibility index (Phi) is 4.08. The van der Waals surface area contributed by atoms with Crippen molar-refractivity contribution in [1.29, 1.82) is 5.41 Å². The summed E-state index contributed by atoms with van der Waals surface area (Å²) in [5.74, 6) is -0.520. The number of carbonyl (C=O) groups excluding carboxylic acids is 1. The van der Waals surface area contributed by atoms with Crippen molar-refractivity contribution >= 4 is 29.4 Å². The van der Waals surface area contributed by atoms with Crippen LogP contribution in [0, 0.1) is 12.3 Å². The van der Waals surface area contributed by atoms with Crippen molar-refractivity contribution in [2.75, 3.05) is 5.32 Å². The van der Waals surface area contributed by atoms with Crippen molar-refractivity contribution in [1.82, 2.24) is 0 Å². The minimum absolute atomic E-state index is 0.0631. The quantitative estimate of drug-likeness (QED) is 0.555. The Morgan fingerprint density at radius 2 is 2.25 bits per heavy atom. The molecule has 0 aromatic heterocycles. The predicted octanol–water partition coefficient (Wildman–Crippen LogP) is 1.99. The number of rotatable bonds is 3. The first-order valence-corrected chi connectivity index (χ1v) is 4.96. The largest absolute Gasteiger partial charge is 0.396 e. The normalized spacial score (nSPS) is 11.6. The van der Waals surface area contributed by atoms with Crippen LogP contribution in [-0.4, -0.2) is 12.1 Å². The summed E-state index contributed by atoms with van der Waals surface area (Å²) in [7, 11) is 0. The lowest BCUT2D eigenvalue weighted by atomic mass is 10.2. The van der Waals surface area contributed by atoms with E-state index in [1.807, 2.05) is 25.1 Å². The van der Waals surface area contributed by atoms with Crippen LogP contribution in [0.25, 0.3) is 0 Å². The van der Waals surface area contributed by atoms with E-state index in [9.17, 15) is 4.79 Å².